The minimum absolute atomic E-state index is 0.216. The Morgan fingerprint density at radius 3 is 1.60 bits per heavy atom. The first-order valence-corrected chi connectivity index (χ1v) is 11.1. The largest absolute Gasteiger partial charge is 0.491 e. The first-order valence-electron chi connectivity index (χ1n) is 11.1. The molecule has 2 heterocycles. The van der Waals surface area contributed by atoms with Crippen LogP contribution in [0.3, 0.4) is 0 Å². The average Bonchev–Trinajstić information content (AvgIpc) is 3.46. The third-order valence-electron chi connectivity index (χ3n) is 5.26. The van der Waals surface area contributed by atoms with Crippen LogP contribution in [0.1, 0.15) is 25.7 Å². The summed E-state index contributed by atoms with van der Waals surface area (Å²) in [6.45, 7) is 4.58. The molecule has 0 saturated carbocycles. The number of hydrogen-bond donors (Lipinski definition) is 4. The van der Waals surface area contributed by atoms with Gasteiger partial charge in [-0.1, -0.05) is 0 Å². The second-order valence-corrected chi connectivity index (χ2v) is 7.99. The van der Waals surface area contributed by atoms with E-state index < -0.39 is 12.2 Å². The molecular weight excluding hydrogens is 388 g/mol. The fourth-order valence-electron chi connectivity index (χ4n) is 3.57. The first-order chi connectivity index (χ1) is 14.7. The Kier molecular flexibility index (Phi) is 10.1. The van der Waals surface area contributed by atoms with E-state index in [2.05, 4.69) is 10.6 Å². The number of hydrogen-bond acceptors (Lipinski definition) is 8. The topological polar surface area (TPSA) is 101 Å². The van der Waals surface area contributed by atoms with Crippen LogP contribution in [0.25, 0.3) is 0 Å². The highest BCUT2D eigenvalue weighted by Crippen LogP contribution is 2.18. The molecule has 0 bridgehead atoms. The highest BCUT2D eigenvalue weighted by molar-refractivity contribution is 5.31. The Hall–Kier alpha value is -1.42. The van der Waals surface area contributed by atoms with Gasteiger partial charge in [0.25, 0.3) is 0 Å². The van der Waals surface area contributed by atoms with Crippen molar-refractivity contribution in [3.05, 3.63) is 24.3 Å². The van der Waals surface area contributed by atoms with E-state index in [1.54, 1.807) is 24.3 Å². The van der Waals surface area contributed by atoms with Crippen molar-refractivity contribution < 1.29 is 29.2 Å². The molecule has 0 aromatic heterocycles. The van der Waals surface area contributed by atoms with Gasteiger partial charge in [-0.3, -0.25) is 0 Å². The predicted octanol–water partition coefficient (Wildman–Crippen LogP) is 0.703. The molecule has 2 saturated heterocycles. The molecule has 2 aliphatic heterocycles. The zero-order valence-corrected chi connectivity index (χ0v) is 17.6. The Balaban J connectivity index is 1.23. The SMILES string of the molecule is O[C@H](CNC[C@H]1CCCO1)COc1ccc(OC[C@H](O)CNC[C@@H]2CCCO2)cc1. The van der Waals surface area contributed by atoms with Crippen LogP contribution >= 0.6 is 0 Å². The molecule has 8 nitrogen and oxygen atoms in total. The lowest BCUT2D eigenvalue weighted by atomic mass is 10.2. The van der Waals surface area contributed by atoms with E-state index >= 15 is 0 Å². The van der Waals surface area contributed by atoms with E-state index in [9.17, 15) is 10.2 Å². The predicted molar refractivity (Wildman–Crippen MR) is 113 cm³/mol. The summed E-state index contributed by atoms with van der Waals surface area (Å²) in [6.07, 6.45) is 3.75. The Morgan fingerprint density at radius 1 is 0.800 bits per heavy atom. The van der Waals surface area contributed by atoms with Crippen LogP contribution in [-0.4, -0.2) is 87.2 Å². The van der Waals surface area contributed by atoms with Gasteiger partial charge in [0.2, 0.25) is 0 Å². The lowest BCUT2D eigenvalue weighted by molar-refractivity contribution is 0.0870. The van der Waals surface area contributed by atoms with E-state index in [1.165, 1.54) is 0 Å². The van der Waals surface area contributed by atoms with Gasteiger partial charge in [0.05, 0.1) is 12.2 Å². The van der Waals surface area contributed by atoms with Crippen LogP contribution in [0.4, 0.5) is 0 Å². The minimum atomic E-state index is -0.584. The molecule has 0 amide bonds. The summed E-state index contributed by atoms with van der Waals surface area (Å²) in [7, 11) is 0. The van der Waals surface area contributed by atoms with Gasteiger partial charge in [0, 0.05) is 39.4 Å². The van der Waals surface area contributed by atoms with Crippen molar-refractivity contribution in [2.75, 3.05) is 52.6 Å². The van der Waals surface area contributed by atoms with Gasteiger partial charge >= 0.3 is 0 Å². The fraction of sp³-hybridized carbons (Fsp3) is 0.727. The number of benzene rings is 1. The molecule has 4 atom stereocenters. The molecule has 0 aliphatic carbocycles. The smallest absolute Gasteiger partial charge is 0.119 e. The van der Waals surface area contributed by atoms with Crippen molar-refractivity contribution >= 4 is 0 Å². The summed E-state index contributed by atoms with van der Waals surface area (Å²) in [5.74, 6) is 1.33. The molecule has 1 aromatic carbocycles. The minimum Gasteiger partial charge on any atom is -0.491 e. The molecule has 0 radical (unpaired) electrons. The highest BCUT2D eigenvalue weighted by Gasteiger charge is 2.16. The normalized spacial score (nSPS) is 23.4. The summed E-state index contributed by atoms with van der Waals surface area (Å²) in [5.41, 5.74) is 0. The average molecular weight is 425 g/mol. The highest BCUT2D eigenvalue weighted by atomic mass is 16.5. The summed E-state index contributed by atoms with van der Waals surface area (Å²) < 4.78 is 22.3. The van der Waals surface area contributed by atoms with Gasteiger partial charge in [0.1, 0.15) is 36.9 Å². The summed E-state index contributed by atoms with van der Waals surface area (Å²) in [4.78, 5) is 0. The Morgan fingerprint density at radius 2 is 1.23 bits per heavy atom. The standard InChI is InChI=1S/C22H36N2O6/c25-17(11-23-13-21-3-1-9-27-21)15-29-19-5-7-20(8-6-19)30-16-18(26)12-24-14-22-4-2-10-28-22/h5-8,17-18,21-26H,1-4,9-16H2/t17-,18-,21-,22+/m1/s1. The number of nitrogens with one attached hydrogen (secondary N) is 2. The number of aliphatic hydroxyl groups excluding tert-OH is 2. The maximum Gasteiger partial charge on any atom is 0.119 e. The van der Waals surface area contributed by atoms with E-state index in [1.807, 2.05) is 0 Å². The van der Waals surface area contributed by atoms with Gasteiger partial charge in [-0.25, -0.2) is 0 Å². The van der Waals surface area contributed by atoms with Gasteiger partial charge in [0.15, 0.2) is 0 Å². The lowest BCUT2D eigenvalue weighted by Crippen LogP contribution is -2.35. The molecule has 8 heteroatoms. The van der Waals surface area contributed by atoms with Crippen LogP contribution in [0, 0.1) is 0 Å². The molecule has 30 heavy (non-hydrogen) atoms. The molecule has 4 N–H and O–H groups in total. The maximum absolute atomic E-state index is 10.0. The van der Waals surface area contributed by atoms with Crippen molar-refractivity contribution in [2.45, 2.75) is 50.1 Å². The molecule has 1 aromatic rings. The quantitative estimate of drug-likeness (QED) is 0.346. The zero-order chi connectivity index (χ0) is 21.0. The summed E-state index contributed by atoms with van der Waals surface area (Å²) in [6, 6.07) is 7.18. The molecular formula is C22H36N2O6. The van der Waals surface area contributed by atoms with Gasteiger partial charge in [-0.15, -0.1) is 0 Å². The van der Waals surface area contributed by atoms with Crippen LogP contribution in [0.5, 0.6) is 11.5 Å². The van der Waals surface area contributed by atoms with Crippen LogP contribution < -0.4 is 20.1 Å². The third kappa shape index (κ3) is 8.75. The monoisotopic (exact) mass is 424 g/mol. The molecule has 170 valence electrons. The van der Waals surface area contributed by atoms with Crippen molar-refractivity contribution in [3.8, 4) is 11.5 Å². The number of rotatable bonds is 14. The van der Waals surface area contributed by atoms with E-state index in [0.717, 1.165) is 52.0 Å². The second-order valence-electron chi connectivity index (χ2n) is 7.99. The van der Waals surface area contributed by atoms with Crippen LogP contribution in [-0.2, 0) is 9.47 Å². The maximum atomic E-state index is 10.0. The number of ether oxygens (including phenoxy) is 4. The van der Waals surface area contributed by atoms with E-state index in [0.29, 0.717) is 24.6 Å². The fourth-order valence-corrected chi connectivity index (χ4v) is 3.57. The van der Waals surface area contributed by atoms with Gasteiger partial charge in [-0.05, 0) is 49.9 Å². The summed E-state index contributed by atoms with van der Waals surface area (Å²) in [5, 5.41) is 26.5. The molecule has 2 aliphatic rings. The van der Waals surface area contributed by atoms with Crippen LogP contribution in [0.2, 0.25) is 0 Å². The van der Waals surface area contributed by atoms with Crippen molar-refractivity contribution in [1.82, 2.24) is 10.6 Å². The Labute approximate surface area is 178 Å². The summed E-state index contributed by atoms with van der Waals surface area (Å²) >= 11 is 0. The van der Waals surface area contributed by atoms with Crippen molar-refractivity contribution in [3.63, 3.8) is 0 Å². The van der Waals surface area contributed by atoms with Crippen molar-refractivity contribution in [1.29, 1.82) is 0 Å². The molecule has 0 spiro atoms. The number of aliphatic hydroxyl groups is 2. The van der Waals surface area contributed by atoms with Gasteiger partial charge in [-0.2, -0.15) is 0 Å². The van der Waals surface area contributed by atoms with Gasteiger partial charge < -0.3 is 39.8 Å². The molecule has 0 unspecified atom stereocenters. The Bertz CT molecular complexity index is 524. The molecule has 3 rings (SSSR count). The molecule has 2 fully saturated rings. The lowest BCUT2D eigenvalue weighted by Gasteiger charge is -2.16. The van der Waals surface area contributed by atoms with Crippen LogP contribution in [0.15, 0.2) is 24.3 Å². The first kappa shape index (κ1) is 23.2. The zero-order valence-electron chi connectivity index (χ0n) is 17.6. The van der Waals surface area contributed by atoms with Crippen molar-refractivity contribution in [2.24, 2.45) is 0 Å². The third-order valence-corrected chi connectivity index (χ3v) is 5.26. The van der Waals surface area contributed by atoms with E-state index in [4.69, 9.17) is 18.9 Å². The van der Waals surface area contributed by atoms with E-state index in [-0.39, 0.29) is 25.4 Å². The second kappa shape index (κ2) is 13.1.